The predicted octanol–water partition coefficient (Wildman–Crippen LogP) is 1.23. The van der Waals surface area contributed by atoms with Crippen molar-refractivity contribution in [3.05, 3.63) is 12.2 Å². The van der Waals surface area contributed by atoms with Crippen LogP contribution in [0.25, 0.3) is 0 Å². The van der Waals surface area contributed by atoms with Crippen LogP contribution in [0.3, 0.4) is 0 Å². The number of rotatable bonds is 1. The number of carbonyl (C=O) groups is 1. The summed E-state index contributed by atoms with van der Waals surface area (Å²) >= 11 is 5.05. The summed E-state index contributed by atoms with van der Waals surface area (Å²) < 4.78 is 4.76. The standard InChI is InChI=1S/C7H10ClNO2/c1-9-4-2-3-6(5-9)11-7(8)10/h2-3,6H,4-5H2,1H3/t6-/m1/s1. The fraction of sp³-hybridized carbons (Fsp3) is 0.571. The molecule has 3 nitrogen and oxygen atoms in total. The first-order valence-electron chi connectivity index (χ1n) is 3.40. The van der Waals surface area contributed by atoms with Crippen molar-refractivity contribution in [1.29, 1.82) is 0 Å². The van der Waals surface area contributed by atoms with E-state index in [-0.39, 0.29) is 6.10 Å². The molecule has 1 atom stereocenters. The number of hydrogen-bond acceptors (Lipinski definition) is 3. The predicted molar refractivity (Wildman–Crippen MR) is 42.8 cm³/mol. The number of hydrogen-bond donors (Lipinski definition) is 0. The van der Waals surface area contributed by atoms with Gasteiger partial charge in [0.05, 0.1) is 0 Å². The van der Waals surface area contributed by atoms with Crippen molar-refractivity contribution in [3.63, 3.8) is 0 Å². The van der Waals surface area contributed by atoms with Crippen LogP contribution in [-0.4, -0.2) is 36.6 Å². The van der Waals surface area contributed by atoms with Gasteiger partial charge in [-0.05, 0) is 13.1 Å². The van der Waals surface area contributed by atoms with Gasteiger partial charge >= 0.3 is 5.43 Å². The Morgan fingerprint density at radius 3 is 3.09 bits per heavy atom. The highest BCUT2D eigenvalue weighted by Crippen LogP contribution is 2.05. The van der Waals surface area contributed by atoms with Gasteiger partial charge in [-0.25, -0.2) is 4.79 Å². The van der Waals surface area contributed by atoms with Gasteiger partial charge in [0.2, 0.25) is 0 Å². The molecule has 0 radical (unpaired) electrons. The molecule has 0 saturated carbocycles. The highest BCUT2D eigenvalue weighted by Gasteiger charge is 2.14. The zero-order valence-electron chi connectivity index (χ0n) is 6.29. The molecule has 0 aromatic rings. The summed E-state index contributed by atoms with van der Waals surface area (Å²) in [7, 11) is 1.96. The fourth-order valence-electron chi connectivity index (χ4n) is 1.03. The molecule has 0 saturated heterocycles. The normalized spacial score (nSPS) is 25.1. The maximum absolute atomic E-state index is 10.3. The van der Waals surface area contributed by atoms with Gasteiger partial charge < -0.3 is 4.74 Å². The molecule has 1 aliphatic rings. The zero-order valence-corrected chi connectivity index (χ0v) is 7.04. The summed E-state index contributed by atoms with van der Waals surface area (Å²) in [5.74, 6) is 0. The lowest BCUT2D eigenvalue weighted by Gasteiger charge is -2.23. The topological polar surface area (TPSA) is 29.5 Å². The lowest BCUT2D eigenvalue weighted by atomic mass is 10.2. The van der Waals surface area contributed by atoms with Crippen LogP contribution in [0.5, 0.6) is 0 Å². The molecule has 62 valence electrons. The van der Waals surface area contributed by atoms with Crippen molar-refractivity contribution in [1.82, 2.24) is 4.90 Å². The van der Waals surface area contributed by atoms with Crippen molar-refractivity contribution in [3.8, 4) is 0 Å². The molecule has 1 heterocycles. The summed E-state index contributed by atoms with van der Waals surface area (Å²) in [4.78, 5) is 12.4. The van der Waals surface area contributed by atoms with Gasteiger partial charge in [-0.3, -0.25) is 4.90 Å². The van der Waals surface area contributed by atoms with E-state index in [1.54, 1.807) is 0 Å². The maximum Gasteiger partial charge on any atom is 0.404 e. The van der Waals surface area contributed by atoms with Crippen LogP contribution >= 0.6 is 11.6 Å². The number of halogens is 1. The lowest BCUT2D eigenvalue weighted by Crippen LogP contribution is -2.33. The first kappa shape index (κ1) is 8.56. The number of nitrogens with zero attached hydrogens (tertiary/aromatic N) is 1. The van der Waals surface area contributed by atoms with E-state index in [9.17, 15) is 4.79 Å². The van der Waals surface area contributed by atoms with Gasteiger partial charge in [-0.2, -0.15) is 0 Å². The van der Waals surface area contributed by atoms with Crippen molar-refractivity contribution in [2.75, 3.05) is 20.1 Å². The Kier molecular flexibility index (Phi) is 2.91. The second kappa shape index (κ2) is 3.74. The van der Waals surface area contributed by atoms with Gasteiger partial charge in [0.1, 0.15) is 6.10 Å². The van der Waals surface area contributed by atoms with Gasteiger partial charge in [-0.1, -0.05) is 6.08 Å². The molecule has 0 bridgehead atoms. The van der Waals surface area contributed by atoms with Gasteiger partial charge in [0.25, 0.3) is 0 Å². The maximum atomic E-state index is 10.3. The van der Waals surface area contributed by atoms with Crippen LogP contribution in [0.4, 0.5) is 4.79 Å². The Balaban J connectivity index is 2.40. The second-order valence-electron chi connectivity index (χ2n) is 2.54. The molecular weight excluding hydrogens is 166 g/mol. The molecule has 4 heteroatoms. The van der Waals surface area contributed by atoms with E-state index >= 15 is 0 Å². The van der Waals surface area contributed by atoms with Gasteiger partial charge in [-0.15, -0.1) is 0 Å². The quantitative estimate of drug-likeness (QED) is 0.444. The van der Waals surface area contributed by atoms with E-state index in [0.29, 0.717) is 0 Å². The molecule has 0 spiro atoms. The Morgan fingerprint density at radius 1 is 1.82 bits per heavy atom. The SMILES string of the molecule is CN1CC=C[C@@H](OC(=O)Cl)C1. The average molecular weight is 176 g/mol. The summed E-state index contributed by atoms with van der Waals surface area (Å²) in [6, 6.07) is 0. The van der Waals surface area contributed by atoms with Gasteiger partial charge in [0, 0.05) is 24.7 Å². The Labute approximate surface area is 70.6 Å². The number of ether oxygens (including phenoxy) is 1. The van der Waals surface area contributed by atoms with Crippen molar-refractivity contribution in [2.24, 2.45) is 0 Å². The van der Waals surface area contributed by atoms with Crippen molar-refractivity contribution >= 4 is 17.0 Å². The van der Waals surface area contributed by atoms with Crippen LogP contribution in [-0.2, 0) is 4.74 Å². The summed E-state index contributed by atoms with van der Waals surface area (Å²) in [6.45, 7) is 1.62. The van der Waals surface area contributed by atoms with E-state index in [1.165, 1.54) is 0 Å². The molecule has 0 unspecified atom stereocenters. The molecule has 0 amide bonds. The molecule has 0 aliphatic carbocycles. The molecule has 0 aromatic heterocycles. The molecule has 0 aromatic carbocycles. The van der Waals surface area contributed by atoms with Crippen LogP contribution in [0, 0.1) is 0 Å². The van der Waals surface area contributed by atoms with Crippen LogP contribution in [0.1, 0.15) is 0 Å². The summed E-state index contributed by atoms with van der Waals surface area (Å²) in [6.07, 6.45) is 3.62. The van der Waals surface area contributed by atoms with Crippen molar-refractivity contribution < 1.29 is 9.53 Å². The minimum Gasteiger partial charge on any atom is -0.445 e. The van der Waals surface area contributed by atoms with E-state index in [4.69, 9.17) is 16.3 Å². The molecule has 0 N–H and O–H groups in total. The van der Waals surface area contributed by atoms with E-state index in [1.807, 2.05) is 24.1 Å². The van der Waals surface area contributed by atoms with Gasteiger partial charge in [0.15, 0.2) is 0 Å². The fourth-order valence-corrected chi connectivity index (χ4v) is 1.15. The minimum atomic E-state index is -0.741. The van der Waals surface area contributed by atoms with Crippen molar-refractivity contribution in [2.45, 2.75) is 6.10 Å². The van der Waals surface area contributed by atoms with Crippen LogP contribution in [0.15, 0.2) is 12.2 Å². The second-order valence-corrected chi connectivity index (χ2v) is 2.85. The average Bonchev–Trinajstić information content (AvgIpc) is 1.85. The third-order valence-electron chi connectivity index (χ3n) is 1.50. The monoisotopic (exact) mass is 175 g/mol. The molecular formula is C7H10ClNO2. The number of carbonyl (C=O) groups excluding carboxylic acids is 1. The minimum absolute atomic E-state index is 0.182. The molecule has 11 heavy (non-hydrogen) atoms. The zero-order chi connectivity index (χ0) is 8.27. The molecule has 0 fully saturated rings. The Bertz CT molecular complexity index is 181. The first-order valence-corrected chi connectivity index (χ1v) is 3.77. The highest BCUT2D eigenvalue weighted by atomic mass is 35.5. The largest absolute Gasteiger partial charge is 0.445 e. The van der Waals surface area contributed by atoms with E-state index in [2.05, 4.69) is 0 Å². The van der Waals surface area contributed by atoms with Crippen LogP contribution < -0.4 is 0 Å². The Morgan fingerprint density at radius 2 is 2.55 bits per heavy atom. The third kappa shape index (κ3) is 2.91. The smallest absolute Gasteiger partial charge is 0.404 e. The summed E-state index contributed by atoms with van der Waals surface area (Å²) in [5, 5.41) is 0. The third-order valence-corrected chi connectivity index (χ3v) is 1.59. The lowest BCUT2D eigenvalue weighted by molar-refractivity contribution is 0.119. The number of likely N-dealkylation sites (N-methyl/N-ethyl adjacent to an activating group) is 1. The van der Waals surface area contributed by atoms with E-state index in [0.717, 1.165) is 13.1 Å². The van der Waals surface area contributed by atoms with Crippen LogP contribution in [0.2, 0.25) is 0 Å². The first-order chi connectivity index (χ1) is 5.18. The summed E-state index contributed by atoms with van der Waals surface area (Å²) in [5.41, 5.74) is -0.741. The Hall–Kier alpha value is -0.540. The molecule has 1 rings (SSSR count). The van der Waals surface area contributed by atoms with E-state index < -0.39 is 5.43 Å². The molecule has 1 aliphatic heterocycles. The highest BCUT2D eigenvalue weighted by molar-refractivity contribution is 6.61.